The summed E-state index contributed by atoms with van der Waals surface area (Å²) in [6.45, 7) is 2.48. The minimum Gasteiger partial charge on any atom is -0.507 e. The first-order chi connectivity index (χ1) is 10.2. The van der Waals surface area contributed by atoms with Crippen LogP contribution >= 0.6 is 11.8 Å². The van der Waals surface area contributed by atoms with Crippen molar-refractivity contribution in [3.8, 4) is 5.75 Å². The maximum atomic E-state index is 12.0. The second-order valence-corrected chi connectivity index (χ2v) is 5.92. The number of carbonyl (C=O) groups is 1. The molecule has 21 heavy (non-hydrogen) atoms. The van der Waals surface area contributed by atoms with Gasteiger partial charge < -0.3 is 10.4 Å². The molecule has 1 amide bonds. The van der Waals surface area contributed by atoms with Crippen LogP contribution in [-0.4, -0.2) is 23.3 Å². The van der Waals surface area contributed by atoms with E-state index in [0.717, 1.165) is 17.1 Å². The molecule has 4 heteroatoms. The van der Waals surface area contributed by atoms with E-state index < -0.39 is 0 Å². The van der Waals surface area contributed by atoms with Crippen LogP contribution < -0.4 is 5.32 Å². The molecule has 0 aromatic heterocycles. The minimum atomic E-state index is -0.225. The molecule has 3 nitrogen and oxygen atoms in total. The van der Waals surface area contributed by atoms with E-state index in [0.29, 0.717) is 12.1 Å². The first-order valence-electron chi connectivity index (χ1n) is 6.86. The molecule has 0 spiro atoms. The summed E-state index contributed by atoms with van der Waals surface area (Å²) in [4.78, 5) is 12.0. The molecule has 2 aromatic carbocycles. The summed E-state index contributed by atoms with van der Waals surface area (Å²) < 4.78 is 0. The average Bonchev–Trinajstić information content (AvgIpc) is 2.50. The van der Waals surface area contributed by atoms with Crippen LogP contribution in [0.15, 0.2) is 48.5 Å². The van der Waals surface area contributed by atoms with Gasteiger partial charge in [0.1, 0.15) is 5.75 Å². The maximum Gasteiger partial charge on any atom is 0.255 e. The van der Waals surface area contributed by atoms with Crippen molar-refractivity contribution in [3.05, 3.63) is 65.2 Å². The molecule has 0 saturated heterocycles. The molecule has 0 aliphatic carbocycles. The predicted molar refractivity (Wildman–Crippen MR) is 87.8 cm³/mol. The van der Waals surface area contributed by atoms with E-state index in [9.17, 15) is 9.90 Å². The molecule has 2 aromatic rings. The average molecular weight is 301 g/mol. The van der Waals surface area contributed by atoms with Crippen molar-refractivity contribution in [2.24, 2.45) is 0 Å². The quantitative estimate of drug-likeness (QED) is 0.804. The molecule has 110 valence electrons. The zero-order chi connectivity index (χ0) is 15.1. The number of thioether (sulfide) groups is 1. The number of amides is 1. The number of hydrogen-bond acceptors (Lipinski definition) is 3. The van der Waals surface area contributed by atoms with Crippen molar-refractivity contribution in [1.82, 2.24) is 5.32 Å². The summed E-state index contributed by atoms with van der Waals surface area (Å²) in [6.07, 6.45) is 0. The van der Waals surface area contributed by atoms with Crippen LogP contribution in [0.2, 0.25) is 0 Å². The monoisotopic (exact) mass is 301 g/mol. The first kappa shape index (κ1) is 15.4. The molecule has 0 atom stereocenters. The Morgan fingerprint density at radius 3 is 2.71 bits per heavy atom. The predicted octanol–water partition coefficient (Wildman–Crippen LogP) is 3.36. The van der Waals surface area contributed by atoms with Gasteiger partial charge in [-0.2, -0.15) is 11.8 Å². The number of hydrogen-bond donors (Lipinski definition) is 2. The van der Waals surface area contributed by atoms with Gasteiger partial charge in [-0.1, -0.05) is 42.0 Å². The van der Waals surface area contributed by atoms with E-state index in [1.807, 2.05) is 25.1 Å². The van der Waals surface area contributed by atoms with Crippen LogP contribution in [-0.2, 0) is 5.75 Å². The summed E-state index contributed by atoms with van der Waals surface area (Å²) in [5.41, 5.74) is 2.57. The van der Waals surface area contributed by atoms with Gasteiger partial charge in [0.05, 0.1) is 5.56 Å². The number of aromatic hydroxyl groups is 1. The molecule has 0 heterocycles. The zero-order valence-corrected chi connectivity index (χ0v) is 12.8. The highest BCUT2D eigenvalue weighted by Crippen LogP contribution is 2.18. The number of rotatable bonds is 6. The number of nitrogens with one attached hydrogen (secondary N) is 1. The van der Waals surface area contributed by atoms with Crippen LogP contribution in [0.4, 0.5) is 0 Å². The Bertz CT molecular complexity index is 599. The van der Waals surface area contributed by atoms with Gasteiger partial charge in [-0.05, 0) is 24.6 Å². The number of carbonyl (C=O) groups excluding carboxylic acids is 1. The summed E-state index contributed by atoms with van der Waals surface area (Å²) in [6, 6.07) is 15.3. The standard InChI is InChI=1S/C17H19NO2S/c1-13-7-8-16(19)15(11-13)17(20)18-9-10-21-12-14-5-3-2-4-6-14/h2-8,11,19H,9-10,12H2,1H3,(H,18,20). The van der Waals surface area contributed by atoms with E-state index >= 15 is 0 Å². The third-order valence-electron chi connectivity index (χ3n) is 3.04. The van der Waals surface area contributed by atoms with Crippen LogP contribution in [0.25, 0.3) is 0 Å². The summed E-state index contributed by atoms with van der Waals surface area (Å²) in [5, 5.41) is 12.5. The van der Waals surface area contributed by atoms with Gasteiger partial charge in [-0.25, -0.2) is 0 Å². The van der Waals surface area contributed by atoms with Gasteiger partial charge in [-0.3, -0.25) is 4.79 Å². The van der Waals surface area contributed by atoms with Gasteiger partial charge >= 0.3 is 0 Å². The third kappa shape index (κ3) is 4.83. The topological polar surface area (TPSA) is 49.3 Å². The van der Waals surface area contributed by atoms with Gasteiger partial charge in [0.15, 0.2) is 0 Å². The van der Waals surface area contributed by atoms with Crippen molar-refractivity contribution in [2.75, 3.05) is 12.3 Å². The van der Waals surface area contributed by atoms with Crippen LogP contribution in [0.1, 0.15) is 21.5 Å². The molecule has 0 unspecified atom stereocenters. The van der Waals surface area contributed by atoms with E-state index in [1.165, 1.54) is 5.56 Å². The number of phenols is 1. The third-order valence-corrected chi connectivity index (χ3v) is 4.07. The Kier molecular flexibility index (Phi) is 5.69. The lowest BCUT2D eigenvalue weighted by atomic mass is 10.1. The fourth-order valence-corrected chi connectivity index (χ4v) is 2.75. The lowest BCUT2D eigenvalue weighted by molar-refractivity contribution is 0.0953. The van der Waals surface area contributed by atoms with Crippen molar-refractivity contribution in [3.63, 3.8) is 0 Å². The second-order valence-electron chi connectivity index (χ2n) is 4.81. The largest absolute Gasteiger partial charge is 0.507 e. The molecule has 2 rings (SSSR count). The molecule has 0 bridgehead atoms. The molecule has 0 saturated carbocycles. The van der Waals surface area contributed by atoms with Crippen molar-refractivity contribution >= 4 is 17.7 Å². The van der Waals surface area contributed by atoms with Crippen molar-refractivity contribution in [1.29, 1.82) is 0 Å². The SMILES string of the molecule is Cc1ccc(O)c(C(=O)NCCSCc2ccccc2)c1. The Labute approximate surface area is 129 Å². The van der Waals surface area contributed by atoms with Crippen LogP contribution in [0.3, 0.4) is 0 Å². The van der Waals surface area contributed by atoms with E-state index in [2.05, 4.69) is 17.4 Å². The first-order valence-corrected chi connectivity index (χ1v) is 8.02. The highest BCUT2D eigenvalue weighted by atomic mass is 32.2. The van der Waals surface area contributed by atoms with E-state index in [-0.39, 0.29) is 11.7 Å². The molecular formula is C17H19NO2S. The summed E-state index contributed by atoms with van der Waals surface area (Å²) in [5.74, 6) is 1.58. The smallest absolute Gasteiger partial charge is 0.255 e. The molecular weight excluding hydrogens is 282 g/mol. The van der Waals surface area contributed by atoms with Gasteiger partial charge in [-0.15, -0.1) is 0 Å². The summed E-state index contributed by atoms with van der Waals surface area (Å²) >= 11 is 1.77. The van der Waals surface area contributed by atoms with Crippen LogP contribution in [0.5, 0.6) is 5.75 Å². The maximum absolute atomic E-state index is 12.0. The highest BCUT2D eigenvalue weighted by Gasteiger charge is 2.10. The lowest BCUT2D eigenvalue weighted by Crippen LogP contribution is -2.25. The Morgan fingerprint density at radius 1 is 1.19 bits per heavy atom. The number of phenolic OH excluding ortho intramolecular Hbond substituents is 1. The Balaban J connectivity index is 1.73. The number of benzene rings is 2. The Morgan fingerprint density at radius 2 is 1.95 bits per heavy atom. The normalized spacial score (nSPS) is 10.3. The molecule has 0 fully saturated rings. The van der Waals surface area contributed by atoms with Crippen LogP contribution in [0, 0.1) is 6.92 Å². The Hall–Kier alpha value is -1.94. The summed E-state index contributed by atoms with van der Waals surface area (Å²) in [7, 11) is 0. The second kappa shape index (κ2) is 7.74. The lowest BCUT2D eigenvalue weighted by Gasteiger charge is -2.07. The highest BCUT2D eigenvalue weighted by molar-refractivity contribution is 7.98. The van der Waals surface area contributed by atoms with E-state index in [4.69, 9.17) is 0 Å². The molecule has 0 radical (unpaired) electrons. The van der Waals surface area contributed by atoms with Gasteiger partial charge in [0.25, 0.3) is 5.91 Å². The molecule has 2 N–H and O–H groups in total. The zero-order valence-electron chi connectivity index (χ0n) is 12.0. The number of aryl methyl sites for hydroxylation is 1. The van der Waals surface area contributed by atoms with Gasteiger partial charge in [0.2, 0.25) is 0 Å². The van der Waals surface area contributed by atoms with Gasteiger partial charge in [0, 0.05) is 18.1 Å². The fraction of sp³-hybridized carbons (Fsp3) is 0.235. The molecule has 0 aliphatic rings. The van der Waals surface area contributed by atoms with Crippen molar-refractivity contribution in [2.45, 2.75) is 12.7 Å². The minimum absolute atomic E-state index is 0.0232. The van der Waals surface area contributed by atoms with Crippen molar-refractivity contribution < 1.29 is 9.90 Å². The molecule has 0 aliphatic heterocycles. The van der Waals surface area contributed by atoms with E-state index in [1.54, 1.807) is 30.0 Å². The fourth-order valence-electron chi connectivity index (χ4n) is 1.93.